The molecule has 1 aliphatic carbocycles. The number of pyridine rings is 1. The predicted molar refractivity (Wildman–Crippen MR) is 85.9 cm³/mol. The Morgan fingerprint density at radius 1 is 1.15 bits per heavy atom. The van der Waals surface area contributed by atoms with Crippen LogP contribution in [-0.2, 0) is 0 Å². The van der Waals surface area contributed by atoms with Crippen LogP contribution in [0.3, 0.4) is 0 Å². The van der Waals surface area contributed by atoms with Crippen molar-refractivity contribution in [3.63, 3.8) is 0 Å². The van der Waals surface area contributed by atoms with Crippen molar-refractivity contribution in [3.05, 3.63) is 52.8 Å². The van der Waals surface area contributed by atoms with Gasteiger partial charge in [0.05, 0.1) is 0 Å². The van der Waals surface area contributed by atoms with E-state index in [9.17, 15) is 0 Å². The molecule has 1 fully saturated rings. The maximum atomic E-state index is 4.31. The van der Waals surface area contributed by atoms with E-state index in [1.807, 2.05) is 13.1 Å². The summed E-state index contributed by atoms with van der Waals surface area (Å²) in [6.45, 7) is 2.05. The van der Waals surface area contributed by atoms with Gasteiger partial charge < -0.3 is 4.57 Å². The van der Waals surface area contributed by atoms with Gasteiger partial charge in [-0.2, -0.15) is 0 Å². The Bertz CT molecular complexity index is 800. The highest BCUT2D eigenvalue weighted by Gasteiger charge is 2.27. The number of halogens is 1. The van der Waals surface area contributed by atoms with E-state index in [0.717, 1.165) is 10.2 Å². The van der Waals surface area contributed by atoms with Crippen LogP contribution in [0.15, 0.2) is 47.1 Å². The highest BCUT2D eigenvalue weighted by Crippen LogP contribution is 2.42. The summed E-state index contributed by atoms with van der Waals surface area (Å²) >= 11 is 3.57. The first-order chi connectivity index (χ1) is 9.72. The van der Waals surface area contributed by atoms with E-state index in [1.165, 1.54) is 35.0 Å². The van der Waals surface area contributed by atoms with Gasteiger partial charge in [0.15, 0.2) is 0 Å². The second kappa shape index (κ2) is 4.45. The zero-order valence-corrected chi connectivity index (χ0v) is 12.9. The van der Waals surface area contributed by atoms with Crippen LogP contribution >= 0.6 is 15.9 Å². The summed E-state index contributed by atoms with van der Waals surface area (Å²) in [6, 6.07) is 13.8. The Balaban J connectivity index is 2.00. The molecule has 20 heavy (non-hydrogen) atoms. The first-order valence-electron chi connectivity index (χ1n) is 6.96. The third-order valence-electron chi connectivity index (χ3n) is 3.91. The normalized spacial score (nSPS) is 14.9. The molecule has 1 saturated carbocycles. The lowest BCUT2D eigenvalue weighted by Crippen LogP contribution is -1.96. The highest BCUT2D eigenvalue weighted by atomic mass is 79.9. The molecule has 0 unspecified atom stereocenters. The molecule has 0 radical (unpaired) electrons. The second-order valence-electron chi connectivity index (χ2n) is 5.52. The average molecular weight is 327 g/mol. The monoisotopic (exact) mass is 326 g/mol. The molecule has 0 amide bonds. The SMILES string of the molecule is Cc1cc(-c2cc3cc(Br)ccc3n2C2CC2)ccn1. The van der Waals surface area contributed by atoms with Gasteiger partial charge in [0.2, 0.25) is 0 Å². The summed E-state index contributed by atoms with van der Waals surface area (Å²) in [5.74, 6) is 0. The summed E-state index contributed by atoms with van der Waals surface area (Å²) < 4.78 is 3.63. The molecule has 0 saturated heterocycles. The zero-order valence-electron chi connectivity index (χ0n) is 11.3. The van der Waals surface area contributed by atoms with E-state index in [-0.39, 0.29) is 0 Å². The van der Waals surface area contributed by atoms with Crippen LogP contribution in [0.5, 0.6) is 0 Å². The Labute approximate surface area is 126 Å². The molecular formula is C17H15BrN2. The van der Waals surface area contributed by atoms with E-state index in [0.29, 0.717) is 6.04 Å². The number of nitrogens with zero attached hydrogens (tertiary/aromatic N) is 2. The van der Waals surface area contributed by atoms with Crippen LogP contribution in [0.25, 0.3) is 22.2 Å². The largest absolute Gasteiger partial charge is 0.337 e. The van der Waals surface area contributed by atoms with Crippen molar-refractivity contribution in [2.45, 2.75) is 25.8 Å². The molecule has 0 aliphatic heterocycles. The molecule has 1 aromatic carbocycles. The molecule has 4 rings (SSSR count). The summed E-state index contributed by atoms with van der Waals surface area (Å²) in [5, 5.41) is 1.30. The fourth-order valence-corrected chi connectivity index (χ4v) is 3.24. The highest BCUT2D eigenvalue weighted by molar-refractivity contribution is 9.10. The number of aryl methyl sites for hydroxylation is 1. The number of rotatable bonds is 2. The Hall–Kier alpha value is -1.61. The predicted octanol–water partition coefficient (Wildman–Crippen LogP) is 5.11. The quantitative estimate of drug-likeness (QED) is 0.639. The van der Waals surface area contributed by atoms with Gasteiger partial charge in [-0.25, -0.2) is 0 Å². The van der Waals surface area contributed by atoms with Crippen molar-refractivity contribution in [2.24, 2.45) is 0 Å². The van der Waals surface area contributed by atoms with E-state index in [4.69, 9.17) is 0 Å². The van der Waals surface area contributed by atoms with Crippen molar-refractivity contribution in [1.82, 2.24) is 9.55 Å². The zero-order chi connectivity index (χ0) is 13.7. The molecule has 3 heteroatoms. The Morgan fingerprint density at radius 3 is 2.75 bits per heavy atom. The minimum atomic E-state index is 0.664. The molecule has 2 aromatic heterocycles. The van der Waals surface area contributed by atoms with Crippen molar-refractivity contribution >= 4 is 26.8 Å². The number of aromatic nitrogens is 2. The minimum Gasteiger partial charge on any atom is -0.337 e. The van der Waals surface area contributed by atoms with Crippen LogP contribution in [0.1, 0.15) is 24.6 Å². The number of fused-ring (bicyclic) bond motifs is 1. The van der Waals surface area contributed by atoms with Crippen molar-refractivity contribution < 1.29 is 0 Å². The lowest BCUT2D eigenvalue weighted by Gasteiger charge is -2.10. The molecule has 2 heterocycles. The third kappa shape index (κ3) is 1.97. The van der Waals surface area contributed by atoms with Gasteiger partial charge in [-0.15, -0.1) is 0 Å². The van der Waals surface area contributed by atoms with Gasteiger partial charge >= 0.3 is 0 Å². The van der Waals surface area contributed by atoms with E-state index in [2.05, 4.69) is 61.9 Å². The fourth-order valence-electron chi connectivity index (χ4n) is 2.86. The van der Waals surface area contributed by atoms with E-state index in [1.54, 1.807) is 0 Å². The minimum absolute atomic E-state index is 0.664. The van der Waals surface area contributed by atoms with Crippen LogP contribution in [0, 0.1) is 6.92 Å². The first-order valence-corrected chi connectivity index (χ1v) is 7.75. The van der Waals surface area contributed by atoms with Crippen molar-refractivity contribution in [2.75, 3.05) is 0 Å². The molecule has 0 N–H and O–H groups in total. The lowest BCUT2D eigenvalue weighted by atomic mass is 10.1. The molecule has 0 bridgehead atoms. The molecule has 2 nitrogen and oxygen atoms in total. The van der Waals surface area contributed by atoms with Crippen LogP contribution < -0.4 is 0 Å². The number of hydrogen-bond acceptors (Lipinski definition) is 1. The van der Waals surface area contributed by atoms with Crippen LogP contribution in [-0.4, -0.2) is 9.55 Å². The van der Waals surface area contributed by atoms with E-state index >= 15 is 0 Å². The van der Waals surface area contributed by atoms with Gasteiger partial charge in [-0.1, -0.05) is 15.9 Å². The van der Waals surface area contributed by atoms with Gasteiger partial charge in [0.25, 0.3) is 0 Å². The maximum Gasteiger partial charge on any atom is 0.0495 e. The fraction of sp³-hybridized carbons (Fsp3) is 0.235. The first kappa shape index (κ1) is 12.2. The molecule has 0 atom stereocenters. The second-order valence-corrected chi connectivity index (χ2v) is 6.44. The van der Waals surface area contributed by atoms with Crippen LogP contribution in [0.2, 0.25) is 0 Å². The van der Waals surface area contributed by atoms with Gasteiger partial charge in [-0.05, 0) is 56.2 Å². The summed E-state index contributed by atoms with van der Waals surface area (Å²) in [5.41, 5.74) is 4.97. The lowest BCUT2D eigenvalue weighted by molar-refractivity contribution is 0.783. The van der Waals surface area contributed by atoms with Gasteiger partial charge in [0, 0.05) is 44.6 Å². The van der Waals surface area contributed by atoms with Gasteiger partial charge in [-0.3, -0.25) is 4.98 Å². The Kier molecular flexibility index (Phi) is 2.71. The topological polar surface area (TPSA) is 17.8 Å². The van der Waals surface area contributed by atoms with Crippen molar-refractivity contribution in [1.29, 1.82) is 0 Å². The third-order valence-corrected chi connectivity index (χ3v) is 4.40. The summed E-state index contributed by atoms with van der Waals surface area (Å²) in [7, 11) is 0. The smallest absolute Gasteiger partial charge is 0.0495 e. The Morgan fingerprint density at radius 2 is 2.00 bits per heavy atom. The molecular weight excluding hydrogens is 312 g/mol. The summed E-state index contributed by atoms with van der Waals surface area (Å²) in [6.07, 6.45) is 4.48. The standard InChI is InChI=1S/C17H15BrN2/c1-11-8-12(6-7-19-11)17-10-13-9-14(18)2-5-16(13)20(17)15-3-4-15/h2,5-10,15H,3-4H2,1H3. The number of hydrogen-bond donors (Lipinski definition) is 0. The van der Waals surface area contributed by atoms with Gasteiger partial charge in [0.1, 0.15) is 0 Å². The van der Waals surface area contributed by atoms with E-state index < -0.39 is 0 Å². The maximum absolute atomic E-state index is 4.31. The number of benzene rings is 1. The summed E-state index contributed by atoms with van der Waals surface area (Å²) in [4.78, 5) is 4.31. The van der Waals surface area contributed by atoms with Crippen molar-refractivity contribution in [3.8, 4) is 11.3 Å². The molecule has 100 valence electrons. The van der Waals surface area contributed by atoms with Crippen LogP contribution in [0.4, 0.5) is 0 Å². The molecule has 3 aromatic rings. The molecule has 1 aliphatic rings. The molecule has 0 spiro atoms. The average Bonchev–Trinajstić information content (AvgIpc) is 3.19.